The molecule has 10 heteroatoms. The van der Waals surface area contributed by atoms with Gasteiger partial charge in [-0.05, 0) is 37.5 Å². The predicted molar refractivity (Wildman–Crippen MR) is 120 cm³/mol. The van der Waals surface area contributed by atoms with Crippen LogP contribution in [-0.2, 0) is 20.6 Å². The van der Waals surface area contributed by atoms with E-state index in [0.29, 0.717) is 27.8 Å². The summed E-state index contributed by atoms with van der Waals surface area (Å²) in [4.78, 5) is 34.0. The number of anilines is 1. The number of fused-ring (bicyclic) bond motifs is 2. The summed E-state index contributed by atoms with van der Waals surface area (Å²) in [5.74, 6) is 0.461. The molecule has 3 heterocycles. The maximum absolute atomic E-state index is 13.3. The number of nitrogens with one attached hydrogen (secondary N) is 2. The van der Waals surface area contributed by atoms with Gasteiger partial charge in [-0.2, -0.15) is 4.98 Å². The lowest BCUT2D eigenvalue weighted by Gasteiger charge is -2.16. The van der Waals surface area contributed by atoms with Gasteiger partial charge in [0.25, 0.3) is 5.56 Å². The van der Waals surface area contributed by atoms with Crippen molar-refractivity contribution in [2.45, 2.75) is 38.0 Å². The standard InChI is InChI=1S/C21H23ClN6O3/c1-26-17-18(25-20(26)24-15-7-4-8-16(15)29)27(2)21(31)28(19(17)30)10-11-9-12-13(22)5-3-6-14(12)23-11/h3,5-6,9,15-16,23,29H,4,7-8,10H2,1-2H3,(H,24,25)/t15-,16+/m1/s1. The van der Waals surface area contributed by atoms with Crippen molar-refractivity contribution in [3.8, 4) is 0 Å². The first-order chi connectivity index (χ1) is 14.8. The first kappa shape index (κ1) is 19.9. The number of aromatic nitrogens is 5. The Balaban J connectivity index is 1.60. The zero-order chi connectivity index (χ0) is 21.9. The number of halogens is 1. The van der Waals surface area contributed by atoms with E-state index in [1.54, 1.807) is 24.7 Å². The number of benzene rings is 1. The highest BCUT2D eigenvalue weighted by atomic mass is 35.5. The van der Waals surface area contributed by atoms with E-state index in [2.05, 4.69) is 15.3 Å². The SMILES string of the molecule is Cn1c(N[C@@H]2CCC[C@@H]2O)nc2c1c(=O)n(Cc1cc3c(Cl)cccc3[nH]1)c(=O)n2C. The van der Waals surface area contributed by atoms with E-state index in [0.717, 1.165) is 30.2 Å². The number of imidazole rings is 1. The van der Waals surface area contributed by atoms with E-state index < -0.39 is 17.4 Å². The van der Waals surface area contributed by atoms with Crippen LogP contribution in [-0.4, -0.2) is 40.9 Å². The third kappa shape index (κ3) is 3.16. The average Bonchev–Trinajstić information content (AvgIpc) is 3.43. The second-order valence-corrected chi connectivity index (χ2v) is 8.55. The van der Waals surface area contributed by atoms with Gasteiger partial charge in [0.2, 0.25) is 5.95 Å². The summed E-state index contributed by atoms with van der Waals surface area (Å²) in [6.07, 6.45) is 2.05. The molecule has 9 nitrogen and oxygen atoms in total. The van der Waals surface area contributed by atoms with Gasteiger partial charge in [0.15, 0.2) is 11.2 Å². The Kier molecular flexibility index (Phi) is 4.67. The van der Waals surface area contributed by atoms with Crippen molar-refractivity contribution in [1.29, 1.82) is 0 Å². The Morgan fingerprint density at radius 3 is 2.77 bits per heavy atom. The molecule has 31 heavy (non-hydrogen) atoms. The Bertz CT molecular complexity index is 1430. The van der Waals surface area contributed by atoms with Gasteiger partial charge >= 0.3 is 5.69 Å². The third-order valence-electron chi connectivity index (χ3n) is 6.15. The van der Waals surface area contributed by atoms with E-state index in [1.807, 2.05) is 18.2 Å². The fourth-order valence-corrected chi connectivity index (χ4v) is 4.65. The molecular formula is C21H23ClN6O3. The molecule has 4 aromatic rings. The summed E-state index contributed by atoms with van der Waals surface area (Å²) in [5, 5.41) is 14.8. The Labute approximate surface area is 181 Å². The quantitative estimate of drug-likeness (QED) is 0.447. The van der Waals surface area contributed by atoms with Crippen LogP contribution in [0.15, 0.2) is 33.9 Å². The molecule has 5 rings (SSSR count). The lowest BCUT2D eigenvalue weighted by atomic mass is 10.2. The Morgan fingerprint density at radius 2 is 2.06 bits per heavy atom. The number of aryl methyl sites for hydroxylation is 2. The van der Waals surface area contributed by atoms with E-state index in [-0.39, 0.29) is 12.6 Å². The summed E-state index contributed by atoms with van der Waals surface area (Å²) >= 11 is 6.25. The first-order valence-electron chi connectivity index (χ1n) is 10.2. The molecule has 0 amide bonds. The minimum atomic E-state index is -0.451. The topological polar surface area (TPSA) is 110 Å². The van der Waals surface area contributed by atoms with Crippen molar-refractivity contribution in [3.63, 3.8) is 0 Å². The molecule has 2 atom stereocenters. The molecule has 0 aliphatic heterocycles. The largest absolute Gasteiger partial charge is 0.391 e. The molecule has 1 fully saturated rings. The van der Waals surface area contributed by atoms with Gasteiger partial charge in [-0.3, -0.25) is 13.9 Å². The van der Waals surface area contributed by atoms with Crippen LogP contribution in [0.4, 0.5) is 5.95 Å². The molecule has 3 N–H and O–H groups in total. The van der Waals surface area contributed by atoms with Crippen LogP contribution in [0.2, 0.25) is 5.02 Å². The van der Waals surface area contributed by atoms with Crippen molar-refractivity contribution < 1.29 is 5.11 Å². The highest BCUT2D eigenvalue weighted by Crippen LogP contribution is 2.25. The zero-order valence-electron chi connectivity index (χ0n) is 17.2. The summed E-state index contributed by atoms with van der Waals surface area (Å²) in [6, 6.07) is 7.26. The lowest BCUT2D eigenvalue weighted by molar-refractivity contribution is 0.171. The van der Waals surface area contributed by atoms with E-state index in [4.69, 9.17) is 11.6 Å². The maximum Gasteiger partial charge on any atom is 0.332 e. The molecule has 1 aromatic carbocycles. The highest BCUT2D eigenvalue weighted by Gasteiger charge is 2.27. The number of H-pyrrole nitrogens is 1. The van der Waals surface area contributed by atoms with Gasteiger partial charge in [0.1, 0.15) is 0 Å². The lowest BCUT2D eigenvalue weighted by Crippen LogP contribution is -2.39. The molecule has 162 valence electrons. The van der Waals surface area contributed by atoms with Crippen molar-refractivity contribution in [2.75, 3.05) is 5.32 Å². The smallest absolute Gasteiger partial charge is 0.332 e. The molecule has 1 saturated carbocycles. The van der Waals surface area contributed by atoms with Crippen LogP contribution in [0.5, 0.6) is 0 Å². The van der Waals surface area contributed by atoms with Gasteiger partial charge in [0, 0.05) is 35.7 Å². The molecule has 3 aromatic heterocycles. The monoisotopic (exact) mass is 442 g/mol. The number of aliphatic hydroxyl groups excluding tert-OH is 1. The normalized spacial score (nSPS) is 19.0. The average molecular weight is 443 g/mol. The minimum Gasteiger partial charge on any atom is -0.391 e. The second kappa shape index (κ2) is 7.28. The Hall–Kier alpha value is -3.04. The van der Waals surface area contributed by atoms with Crippen LogP contribution in [0, 0.1) is 0 Å². The van der Waals surface area contributed by atoms with E-state index >= 15 is 0 Å². The number of nitrogens with zero attached hydrogens (tertiary/aromatic N) is 4. The molecule has 0 spiro atoms. The number of aromatic amines is 1. The van der Waals surface area contributed by atoms with Crippen LogP contribution in [0.1, 0.15) is 25.0 Å². The van der Waals surface area contributed by atoms with Crippen molar-refractivity contribution in [1.82, 2.24) is 23.7 Å². The van der Waals surface area contributed by atoms with Gasteiger partial charge in [0.05, 0.1) is 18.7 Å². The number of hydrogen-bond acceptors (Lipinski definition) is 5. The number of hydrogen-bond donors (Lipinski definition) is 3. The first-order valence-corrected chi connectivity index (χ1v) is 10.6. The van der Waals surface area contributed by atoms with Gasteiger partial charge in [-0.15, -0.1) is 0 Å². The molecular weight excluding hydrogens is 420 g/mol. The molecule has 1 aliphatic carbocycles. The second-order valence-electron chi connectivity index (χ2n) is 8.14. The van der Waals surface area contributed by atoms with Gasteiger partial charge in [-0.25, -0.2) is 4.79 Å². The number of rotatable bonds is 4. The fraction of sp³-hybridized carbons (Fsp3) is 0.381. The molecule has 0 radical (unpaired) electrons. The van der Waals surface area contributed by atoms with E-state index in [1.165, 1.54) is 9.13 Å². The van der Waals surface area contributed by atoms with Crippen molar-refractivity contribution in [3.05, 3.63) is 55.8 Å². The van der Waals surface area contributed by atoms with E-state index in [9.17, 15) is 14.7 Å². The van der Waals surface area contributed by atoms with Crippen LogP contribution in [0.3, 0.4) is 0 Å². The fourth-order valence-electron chi connectivity index (χ4n) is 4.42. The van der Waals surface area contributed by atoms with Crippen LogP contribution >= 0.6 is 11.6 Å². The zero-order valence-corrected chi connectivity index (χ0v) is 18.0. The summed E-state index contributed by atoms with van der Waals surface area (Å²) in [7, 11) is 3.34. The molecule has 0 unspecified atom stereocenters. The molecule has 0 bridgehead atoms. The third-order valence-corrected chi connectivity index (χ3v) is 6.48. The summed E-state index contributed by atoms with van der Waals surface area (Å²) in [5.41, 5.74) is 1.31. The van der Waals surface area contributed by atoms with Crippen LogP contribution in [0.25, 0.3) is 22.1 Å². The minimum absolute atomic E-state index is 0.0851. The summed E-state index contributed by atoms with van der Waals surface area (Å²) < 4.78 is 4.22. The van der Waals surface area contributed by atoms with Gasteiger partial charge < -0.3 is 20.0 Å². The maximum atomic E-state index is 13.3. The van der Waals surface area contributed by atoms with Crippen LogP contribution < -0.4 is 16.6 Å². The molecule has 1 aliphatic rings. The van der Waals surface area contributed by atoms with Crippen molar-refractivity contribution >= 4 is 39.6 Å². The Morgan fingerprint density at radius 1 is 1.26 bits per heavy atom. The predicted octanol–water partition coefficient (Wildman–Crippen LogP) is 1.94. The van der Waals surface area contributed by atoms with Gasteiger partial charge in [-0.1, -0.05) is 17.7 Å². The number of aliphatic hydroxyl groups is 1. The molecule has 0 saturated heterocycles. The summed E-state index contributed by atoms with van der Waals surface area (Å²) in [6.45, 7) is 0.0851. The highest BCUT2D eigenvalue weighted by molar-refractivity contribution is 6.35. The van der Waals surface area contributed by atoms with Crippen molar-refractivity contribution in [2.24, 2.45) is 14.1 Å².